The molecule has 0 aliphatic rings. The minimum Gasteiger partial charge on any atom is -0.497 e. The number of hydrogen-bond acceptors (Lipinski definition) is 2. The standard InChI is InChI=1S/C14H12BrFO2/c1-18-11-6-7-12(13(15)8-11)14(17)9-2-4-10(16)5-3-9/h2-8,14,17H,1H3/t14-/m1/s1. The number of ether oxygens (including phenoxy) is 1. The zero-order valence-corrected chi connectivity index (χ0v) is 11.3. The van der Waals surface area contributed by atoms with E-state index in [0.29, 0.717) is 16.9 Å². The minimum absolute atomic E-state index is 0.320. The van der Waals surface area contributed by atoms with Crippen LogP contribution in [0, 0.1) is 5.82 Å². The first-order valence-corrected chi connectivity index (χ1v) is 6.18. The van der Waals surface area contributed by atoms with Crippen molar-refractivity contribution in [3.05, 3.63) is 63.9 Å². The van der Waals surface area contributed by atoms with Crippen LogP contribution in [0.25, 0.3) is 0 Å². The van der Waals surface area contributed by atoms with Gasteiger partial charge in [0.1, 0.15) is 17.7 Å². The monoisotopic (exact) mass is 310 g/mol. The summed E-state index contributed by atoms with van der Waals surface area (Å²) < 4.78 is 18.7. The van der Waals surface area contributed by atoms with Crippen LogP contribution in [-0.2, 0) is 0 Å². The van der Waals surface area contributed by atoms with Crippen LogP contribution in [0.15, 0.2) is 46.9 Å². The molecule has 0 spiro atoms. The van der Waals surface area contributed by atoms with E-state index in [1.165, 1.54) is 12.1 Å². The van der Waals surface area contributed by atoms with Crippen LogP contribution in [0.1, 0.15) is 17.2 Å². The summed E-state index contributed by atoms with van der Waals surface area (Å²) in [5.41, 5.74) is 1.35. The average molecular weight is 311 g/mol. The van der Waals surface area contributed by atoms with Crippen molar-refractivity contribution in [3.8, 4) is 5.75 Å². The van der Waals surface area contributed by atoms with E-state index >= 15 is 0 Å². The van der Waals surface area contributed by atoms with E-state index in [4.69, 9.17) is 4.74 Å². The first kappa shape index (κ1) is 13.1. The molecule has 0 heterocycles. The highest BCUT2D eigenvalue weighted by Gasteiger charge is 2.14. The Morgan fingerprint density at radius 2 is 1.83 bits per heavy atom. The van der Waals surface area contributed by atoms with Crippen molar-refractivity contribution in [1.82, 2.24) is 0 Å². The molecule has 4 heteroatoms. The molecule has 0 unspecified atom stereocenters. The zero-order valence-electron chi connectivity index (χ0n) is 9.73. The zero-order chi connectivity index (χ0) is 13.1. The van der Waals surface area contributed by atoms with Gasteiger partial charge in [0.05, 0.1) is 7.11 Å². The van der Waals surface area contributed by atoms with Gasteiger partial charge in [-0.2, -0.15) is 0 Å². The van der Waals surface area contributed by atoms with Gasteiger partial charge in [-0.3, -0.25) is 0 Å². The summed E-state index contributed by atoms with van der Waals surface area (Å²) in [5, 5.41) is 10.2. The molecule has 94 valence electrons. The van der Waals surface area contributed by atoms with Crippen LogP contribution in [0.4, 0.5) is 4.39 Å². The molecular formula is C14H12BrFO2. The second kappa shape index (κ2) is 5.50. The van der Waals surface area contributed by atoms with Gasteiger partial charge in [0.2, 0.25) is 0 Å². The van der Waals surface area contributed by atoms with E-state index in [1.54, 1.807) is 37.4 Å². The number of hydrogen-bond donors (Lipinski definition) is 1. The van der Waals surface area contributed by atoms with Gasteiger partial charge in [0.15, 0.2) is 0 Å². The maximum absolute atomic E-state index is 12.8. The average Bonchev–Trinajstić information content (AvgIpc) is 2.38. The summed E-state index contributed by atoms with van der Waals surface area (Å²) in [6, 6.07) is 11.1. The lowest BCUT2D eigenvalue weighted by molar-refractivity contribution is 0.219. The SMILES string of the molecule is COc1ccc([C@H](O)c2ccc(F)cc2)c(Br)c1. The van der Waals surface area contributed by atoms with Crippen LogP contribution in [0.3, 0.4) is 0 Å². The third-order valence-corrected chi connectivity index (χ3v) is 3.37. The van der Waals surface area contributed by atoms with Crippen LogP contribution in [0.5, 0.6) is 5.75 Å². The highest BCUT2D eigenvalue weighted by atomic mass is 79.9. The van der Waals surface area contributed by atoms with Gasteiger partial charge < -0.3 is 9.84 Å². The molecule has 2 rings (SSSR count). The van der Waals surface area contributed by atoms with E-state index in [-0.39, 0.29) is 5.82 Å². The molecule has 0 saturated carbocycles. The number of aliphatic hydroxyl groups excluding tert-OH is 1. The Balaban J connectivity index is 2.33. The molecule has 0 amide bonds. The molecule has 1 atom stereocenters. The van der Waals surface area contributed by atoms with Gasteiger partial charge in [0.25, 0.3) is 0 Å². The van der Waals surface area contributed by atoms with E-state index in [1.807, 2.05) is 0 Å². The van der Waals surface area contributed by atoms with Gasteiger partial charge in [-0.15, -0.1) is 0 Å². The van der Waals surface area contributed by atoms with Gasteiger partial charge >= 0.3 is 0 Å². The molecule has 0 bridgehead atoms. The smallest absolute Gasteiger partial charge is 0.123 e. The summed E-state index contributed by atoms with van der Waals surface area (Å²) in [6.45, 7) is 0. The Kier molecular flexibility index (Phi) is 3.99. The molecule has 2 aromatic rings. The summed E-state index contributed by atoms with van der Waals surface area (Å²) >= 11 is 3.39. The second-order valence-electron chi connectivity index (χ2n) is 3.84. The number of rotatable bonds is 3. The molecule has 18 heavy (non-hydrogen) atoms. The Morgan fingerprint density at radius 3 is 2.39 bits per heavy atom. The van der Waals surface area contributed by atoms with E-state index in [9.17, 15) is 9.50 Å². The maximum atomic E-state index is 12.8. The van der Waals surface area contributed by atoms with Crippen LogP contribution < -0.4 is 4.74 Å². The van der Waals surface area contributed by atoms with Crippen LogP contribution in [0.2, 0.25) is 0 Å². The van der Waals surface area contributed by atoms with Crippen LogP contribution >= 0.6 is 15.9 Å². The highest BCUT2D eigenvalue weighted by Crippen LogP contribution is 2.31. The molecule has 2 aromatic carbocycles. The third kappa shape index (κ3) is 2.71. The molecule has 0 aliphatic carbocycles. The van der Waals surface area contributed by atoms with Gasteiger partial charge in [-0.1, -0.05) is 34.1 Å². The molecular weight excluding hydrogens is 299 g/mol. The Bertz CT molecular complexity index is 540. The molecule has 0 aromatic heterocycles. The third-order valence-electron chi connectivity index (χ3n) is 2.69. The van der Waals surface area contributed by atoms with E-state index < -0.39 is 6.10 Å². The predicted molar refractivity (Wildman–Crippen MR) is 71.2 cm³/mol. The molecule has 0 aliphatic heterocycles. The van der Waals surface area contributed by atoms with Gasteiger partial charge in [-0.05, 0) is 35.4 Å². The van der Waals surface area contributed by atoms with Gasteiger partial charge in [0, 0.05) is 4.47 Å². The normalized spacial score (nSPS) is 12.2. The van der Waals surface area contributed by atoms with Crippen molar-refractivity contribution in [1.29, 1.82) is 0 Å². The molecule has 0 radical (unpaired) electrons. The fourth-order valence-corrected chi connectivity index (χ4v) is 2.26. The van der Waals surface area contributed by atoms with Crippen molar-refractivity contribution in [2.45, 2.75) is 6.10 Å². The van der Waals surface area contributed by atoms with Gasteiger partial charge in [-0.25, -0.2) is 4.39 Å². The van der Waals surface area contributed by atoms with Crippen molar-refractivity contribution < 1.29 is 14.2 Å². The maximum Gasteiger partial charge on any atom is 0.123 e. The second-order valence-corrected chi connectivity index (χ2v) is 4.70. The number of aliphatic hydroxyl groups is 1. The molecule has 1 N–H and O–H groups in total. The van der Waals surface area contributed by atoms with Crippen molar-refractivity contribution in [3.63, 3.8) is 0 Å². The van der Waals surface area contributed by atoms with Crippen molar-refractivity contribution in [2.24, 2.45) is 0 Å². The summed E-state index contributed by atoms with van der Waals surface area (Å²) in [4.78, 5) is 0. The van der Waals surface area contributed by atoms with Crippen LogP contribution in [-0.4, -0.2) is 12.2 Å². The number of halogens is 2. The fourth-order valence-electron chi connectivity index (χ4n) is 1.68. The topological polar surface area (TPSA) is 29.5 Å². The summed E-state index contributed by atoms with van der Waals surface area (Å²) in [7, 11) is 1.58. The summed E-state index contributed by atoms with van der Waals surface area (Å²) in [6.07, 6.45) is -0.800. The minimum atomic E-state index is -0.800. The Morgan fingerprint density at radius 1 is 1.17 bits per heavy atom. The number of methoxy groups -OCH3 is 1. The van der Waals surface area contributed by atoms with Crippen molar-refractivity contribution in [2.75, 3.05) is 7.11 Å². The molecule has 0 fully saturated rings. The van der Waals surface area contributed by atoms with E-state index in [2.05, 4.69) is 15.9 Å². The lowest BCUT2D eigenvalue weighted by atomic mass is 10.0. The quantitative estimate of drug-likeness (QED) is 0.937. The molecule has 2 nitrogen and oxygen atoms in total. The lowest BCUT2D eigenvalue weighted by Crippen LogP contribution is -2.01. The fraction of sp³-hybridized carbons (Fsp3) is 0.143. The number of benzene rings is 2. The Labute approximate surface area is 113 Å². The molecule has 0 saturated heterocycles. The lowest BCUT2D eigenvalue weighted by Gasteiger charge is -2.14. The summed E-state index contributed by atoms with van der Waals surface area (Å²) in [5.74, 6) is 0.386. The van der Waals surface area contributed by atoms with E-state index in [0.717, 1.165) is 4.47 Å². The first-order chi connectivity index (χ1) is 8.61. The first-order valence-electron chi connectivity index (χ1n) is 5.39. The largest absolute Gasteiger partial charge is 0.497 e. The highest BCUT2D eigenvalue weighted by molar-refractivity contribution is 9.10. The predicted octanol–water partition coefficient (Wildman–Crippen LogP) is 3.68. The van der Waals surface area contributed by atoms with Crippen molar-refractivity contribution >= 4 is 15.9 Å². The Hall–Kier alpha value is -1.39.